The van der Waals surface area contributed by atoms with E-state index in [0.717, 1.165) is 17.6 Å². The van der Waals surface area contributed by atoms with Gasteiger partial charge in [-0.15, -0.1) is 0 Å². The normalized spacial score (nSPS) is 13.4. The summed E-state index contributed by atoms with van der Waals surface area (Å²) in [5, 5.41) is 0.617. The quantitative estimate of drug-likeness (QED) is 0.754. The number of H-pyrrole nitrogens is 1. The minimum absolute atomic E-state index is 0.0400. The number of aromatic amines is 1. The minimum atomic E-state index is -0.201. The van der Waals surface area contributed by atoms with Gasteiger partial charge in [-0.3, -0.25) is 0 Å². The summed E-state index contributed by atoms with van der Waals surface area (Å²) < 4.78 is 13.3. The van der Waals surface area contributed by atoms with E-state index in [1.165, 1.54) is 6.07 Å². The van der Waals surface area contributed by atoms with Crippen LogP contribution < -0.4 is 5.73 Å². The smallest absolute Gasteiger partial charge is 0.132 e. The molecule has 3 N–H and O–H groups in total. The van der Waals surface area contributed by atoms with Crippen LogP contribution in [0.2, 0.25) is 0 Å². The van der Waals surface area contributed by atoms with Crippen LogP contribution in [0.1, 0.15) is 25.1 Å². The van der Waals surface area contributed by atoms with Gasteiger partial charge in [-0.05, 0) is 24.6 Å². The molecule has 1 aromatic carbocycles. The van der Waals surface area contributed by atoms with E-state index in [1.54, 1.807) is 12.1 Å². The van der Waals surface area contributed by atoms with Crippen molar-refractivity contribution in [2.45, 2.75) is 19.4 Å². The average Bonchev–Trinajstić information content (AvgIpc) is 2.62. The Bertz CT molecular complexity index is 447. The van der Waals surface area contributed by atoms with Crippen LogP contribution in [0.25, 0.3) is 10.9 Å². The number of benzene rings is 1. The SMILES string of the molecule is CCC(N)c1cc2c(F)cccc2[nH]1. The third-order valence-corrected chi connectivity index (χ3v) is 2.47. The van der Waals surface area contributed by atoms with Gasteiger partial charge >= 0.3 is 0 Å². The molecule has 0 saturated carbocycles. The van der Waals surface area contributed by atoms with Crippen LogP contribution in [0.4, 0.5) is 4.39 Å². The van der Waals surface area contributed by atoms with Crippen molar-refractivity contribution in [3.8, 4) is 0 Å². The summed E-state index contributed by atoms with van der Waals surface area (Å²) in [4.78, 5) is 3.12. The number of nitrogens with one attached hydrogen (secondary N) is 1. The Balaban J connectivity index is 2.56. The molecule has 2 aromatic rings. The number of hydrogen-bond acceptors (Lipinski definition) is 1. The Morgan fingerprint density at radius 1 is 1.50 bits per heavy atom. The topological polar surface area (TPSA) is 41.8 Å². The van der Waals surface area contributed by atoms with E-state index < -0.39 is 0 Å². The zero-order valence-electron chi connectivity index (χ0n) is 8.05. The molecule has 74 valence electrons. The van der Waals surface area contributed by atoms with Crippen molar-refractivity contribution in [2.75, 3.05) is 0 Å². The summed E-state index contributed by atoms with van der Waals surface area (Å²) >= 11 is 0. The standard InChI is InChI=1S/C11H13FN2/c1-2-9(13)11-6-7-8(12)4-3-5-10(7)14-11/h3-6,9,14H,2,13H2,1H3. The molecule has 0 aliphatic carbocycles. The first kappa shape index (κ1) is 9.21. The predicted octanol–water partition coefficient (Wildman–Crippen LogP) is 2.72. The van der Waals surface area contributed by atoms with Crippen molar-refractivity contribution in [1.82, 2.24) is 4.98 Å². The maximum absolute atomic E-state index is 13.3. The predicted molar refractivity (Wildman–Crippen MR) is 55.5 cm³/mol. The molecule has 2 nitrogen and oxygen atoms in total. The number of hydrogen-bond donors (Lipinski definition) is 2. The molecule has 0 aliphatic rings. The highest BCUT2D eigenvalue weighted by Gasteiger charge is 2.09. The van der Waals surface area contributed by atoms with E-state index in [2.05, 4.69) is 4.98 Å². The molecule has 3 heteroatoms. The van der Waals surface area contributed by atoms with Crippen LogP contribution in [-0.2, 0) is 0 Å². The molecule has 1 heterocycles. The van der Waals surface area contributed by atoms with E-state index in [4.69, 9.17) is 5.73 Å². The number of fused-ring (bicyclic) bond motifs is 1. The number of aromatic nitrogens is 1. The second-order valence-electron chi connectivity index (χ2n) is 3.44. The van der Waals surface area contributed by atoms with Gasteiger partial charge in [-0.1, -0.05) is 13.0 Å². The van der Waals surface area contributed by atoms with Crippen molar-refractivity contribution in [1.29, 1.82) is 0 Å². The van der Waals surface area contributed by atoms with Crippen LogP contribution in [0.3, 0.4) is 0 Å². The van der Waals surface area contributed by atoms with Gasteiger partial charge in [0.15, 0.2) is 0 Å². The van der Waals surface area contributed by atoms with E-state index in [9.17, 15) is 4.39 Å². The molecule has 0 amide bonds. The summed E-state index contributed by atoms with van der Waals surface area (Å²) in [6, 6.07) is 6.75. The van der Waals surface area contributed by atoms with Gasteiger partial charge in [0, 0.05) is 22.6 Å². The Labute approximate surface area is 81.9 Å². The van der Waals surface area contributed by atoms with Gasteiger partial charge in [0.25, 0.3) is 0 Å². The Morgan fingerprint density at radius 2 is 2.29 bits per heavy atom. The van der Waals surface area contributed by atoms with Gasteiger partial charge in [0.2, 0.25) is 0 Å². The van der Waals surface area contributed by atoms with Crippen molar-refractivity contribution >= 4 is 10.9 Å². The number of halogens is 1. The molecule has 0 radical (unpaired) electrons. The van der Waals surface area contributed by atoms with Gasteiger partial charge in [0.05, 0.1) is 0 Å². The van der Waals surface area contributed by atoms with E-state index in [1.807, 2.05) is 13.0 Å². The van der Waals surface area contributed by atoms with Crippen molar-refractivity contribution in [2.24, 2.45) is 5.73 Å². The number of nitrogens with two attached hydrogens (primary N) is 1. The average molecular weight is 192 g/mol. The molecular formula is C11H13FN2. The van der Waals surface area contributed by atoms with Gasteiger partial charge < -0.3 is 10.7 Å². The molecule has 0 saturated heterocycles. The van der Waals surface area contributed by atoms with Crippen LogP contribution in [-0.4, -0.2) is 4.98 Å². The minimum Gasteiger partial charge on any atom is -0.357 e. The highest BCUT2D eigenvalue weighted by Crippen LogP contribution is 2.22. The first-order valence-electron chi connectivity index (χ1n) is 4.75. The third-order valence-electron chi connectivity index (χ3n) is 2.47. The second-order valence-corrected chi connectivity index (χ2v) is 3.44. The largest absolute Gasteiger partial charge is 0.357 e. The Morgan fingerprint density at radius 3 is 2.93 bits per heavy atom. The lowest BCUT2D eigenvalue weighted by Gasteiger charge is -2.03. The van der Waals surface area contributed by atoms with Crippen LogP contribution in [0, 0.1) is 5.82 Å². The fourth-order valence-electron chi connectivity index (χ4n) is 1.56. The molecule has 14 heavy (non-hydrogen) atoms. The van der Waals surface area contributed by atoms with E-state index in [0.29, 0.717) is 5.39 Å². The molecular weight excluding hydrogens is 179 g/mol. The third kappa shape index (κ3) is 1.40. The molecule has 0 bridgehead atoms. The second kappa shape index (κ2) is 3.42. The van der Waals surface area contributed by atoms with E-state index >= 15 is 0 Å². The lowest BCUT2D eigenvalue weighted by molar-refractivity contribution is 0.640. The molecule has 0 spiro atoms. The highest BCUT2D eigenvalue weighted by atomic mass is 19.1. The summed E-state index contributed by atoms with van der Waals surface area (Å²) in [5.41, 5.74) is 7.56. The van der Waals surface area contributed by atoms with Gasteiger partial charge in [0.1, 0.15) is 5.82 Å². The zero-order chi connectivity index (χ0) is 10.1. The van der Waals surface area contributed by atoms with Crippen LogP contribution in [0.15, 0.2) is 24.3 Å². The molecule has 0 aliphatic heterocycles. The number of rotatable bonds is 2. The van der Waals surface area contributed by atoms with Crippen LogP contribution in [0.5, 0.6) is 0 Å². The maximum atomic E-state index is 13.3. The van der Waals surface area contributed by atoms with E-state index in [-0.39, 0.29) is 11.9 Å². The summed E-state index contributed by atoms with van der Waals surface area (Å²) in [6.07, 6.45) is 0.842. The molecule has 1 atom stereocenters. The fraction of sp³-hybridized carbons (Fsp3) is 0.273. The van der Waals surface area contributed by atoms with Gasteiger partial charge in [-0.25, -0.2) is 4.39 Å². The van der Waals surface area contributed by atoms with Gasteiger partial charge in [-0.2, -0.15) is 0 Å². The first-order chi connectivity index (χ1) is 6.72. The van der Waals surface area contributed by atoms with Crippen molar-refractivity contribution in [3.05, 3.63) is 35.8 Å². The molecule has 2 rings (SSSR count). The molecule has 1 aromatic heterocycles. The summed E-state index contributed by atoms with van der Waals surface area (Å²) in [6.45, 7) is 2.01. The Kier molecular flexibility index (Phi) is 2.25. The summed E-state index contributed by atoms with van der Waals surface area (Å²) in [7, 11) is 0. The maximum Gasteiger partial charge on any atom is 0.132 e. The molecule has 0 fully saturated rings. The molecule has 1 unspecified atom stereocenters. The summed E-state index contributed by atoms with van der Waals surface area (Å²) in [5.74, 6) is -0.201. The van der Waals surface area contributed by atoms with Crippen molar-refractivity contribution in [3.63, 3.8) is 0 Å². The fourth-order valence-corrected chi connectivity index (χ4v) is 1.56. The highest BCUT2D eigenvalue weighted by molar-refractivity contribution is 5.81. The monoisotopic (exact) mass is 192 g/mol. The Hall–Kier alpha value is -1.35. The zero-order valence-corrected chi connectivity index (χ0v) is 8.05. The van der Waals surface area contributed by atoms with Crippen LogP contribution >= 0.6 is 0 Å². The van der Waals surface area contributed by atoms with Crippen molar-refractivity contribution < 1.29 is 4.39 Å². The lowest BCUT2D eigenvalue weighted by Crippen LogP contribution is -2.08. The first-order valence-corrected chi connectivity index (χ1v) is 4.75. The lowest BCUT2D eigenvalue weighted by atomic mass is 10.1.